The molecule has 2 aromatic rings. The Balaban J connectivity index is 2.32. The molecule has 7 nitrogen and oxygen atoms in total. The van der Waals surface area contributed by atoms with Gasteiger partial charge in [0.2, 0.25) is 0 Å². The van der Waals surface area contributed by atoms with Crippen LogP contribution >= 0.6 is 0 Å². The van der Waals surface area contributed by atoms with Crippen molar-refractivity contribution in [2.24, 2.45) is 10.9 Å². The average molecular weight is 259 g/mol. The van der Waals surface area contributed by atoms with Crippen molar-refractivity contribution in [3.05, 3.63) is 36.2 Å². The number of amides is 1. The second-order valence-corrected chi connectivity index (χ2v) is 3.95. The van der Waals surface area contributed by atoms with Gasteiger partial charge in [0.15, 0.2) is 5.84 Å². The number of nitrogens with zero attached hydrogens (tertiary/aromatic N) is 3. The SMILES string of the molecule is CC(NC(=O)c1cccc2nccnc12)/C(N)=N/O. The topological polar surface area (TPSA) is 113 Å². The molecule has 98 valence electrons. The summed E-state index contributed by atoms with van der Waals surface area (Å²) < 4.78 is 0. The summed E-state index contributed by atoms with van der Waals surface area (Å²) in [5.41, 5.74) is 6.94. The van der Waals surface area contributed by atoms with Crippen molar-refractivity contribution < 1.29 is 10.0 Å². The number of nitrogens with one attached hydrogen (secondary N) is 1. The van der Waals surface area contributed by atoms with Crippen LogP contribution in [0.25, 0.3) is 11.0 Å². The molecule has 0 saturated carbocycles. The van der Waals surface area contributed by atoms with Crippen LogP contribution in [-0.4, -0.2) is 33.0 Å². The number of para-hydroxylation sites is 1. The van der Waals surface area contributed by atoms with Crippen LogP contribution in [0.1, 0.15) is 17.3 Å². The standard InChI is InChI=1S/C12H13N5O2/c1-7(11(13)17-19)16-12(18)8-3-2-4-9-10(8)15-6-5-14-9/h2-7,19H,1H3,(H2,13,17)(H,16,18). The molecule has 19 heavy (non-hydrogen) atoms. The highest BCUT2D eigenvalue weighted by Gasteiger charge is 2.15. The highest BCUT2D eigenvalue weighted by atomic mass is 16.4. The molecule has 2 rings (SSSR count). The number of hydrogen-bond acceptors (Lipinski definition) is 5. The monoisotopic (exact) mass is 259 g/mol. The summed E-state index contributed by atoms with van der Waals surface area (Å²) >= 11 is 0. The van der Waals surface area contributed by atoms with E-state index in [0.717, 1.165) is 0 Å². The molecule has 1 unspecified atom stereocenters. The first-order valence-corrected chi connectivity index (χ1v) is 5.61. The third-order valence-electron chi connectivity index (χ3n) is 2.65. The van der Waals surface area contributed by atoms with Crippen LogP contribution in [-0.2, 0) is 0 Å². The van der Waals surface area contributed by atoms with Crippen LogP contribution in [0.5, 0.6) is 0 Å². The molecule has 0 aliphatic heterocycles. The first kappa shape index (κ1) is 12.7. The zero-order valence-electron chi connectivity index (χ0n) is 10.2. The molecule has 0 aliphatic carbocycles. The van der Waals surface area contributed by atoms with Gasteiger partial charge in [-0.1, -0.05) is 11.2 Å². The fraction of sp³-hybridized carbons (Fsp3) is 0.167. The lowest BCUT2D eigenvalue weighted by Gasteiger charge is -2.12. The lowest BCUT2D eigenvalue weighted by atomic mass is 10.1. The fourth-order valence-corrected chi connectivity index (χ4v) is 1.61. The predicted molar refractivity (Wildman–Crippen MR) is 69.9 cm³/mol. The molecular weight excluding hydrogens is 246 g/mol. The maximum absolute atomic E-state index is 12.1. The predicted octanol–water partition coefficient (Wildman–Crippen LogP) is 0.494. The Kier molecular flexibility index (Phi) is 3.56. The van der Waals surface area contributed by atoms with Crippen molar-refractivity contribution in [1.82, 2.24) is 15.3 Å². The van der Waals surface area contributed by atoms with Crippen LogP contribution in [0, 0.1) is 0 Å². The number of nitrogens with two attached hydrogens (primary N) is 1. The lowest BCUT2D eigenvalue weighted by Crippen LogP contribution is -2.42. The summed E-state index contributed by atoms with van der Waals surface area (Å²) in [4.78, 5) is 20.4. The molecule has 4 N–H and O–H groups in total. The summed E-state index contributed by atoms with van der Waals surface area (Å²) in [6, 6.07) is 4.56. The molecule has 0 saturated heterocycles. The number of fused-ring (bicyclic) bond motifs is 1. The summed E-state index contributed by atoms with van der Waals surface area (Å²) in [6.07, 6.45) is 3.08. The lowest BCUT2D eigenvalue weighted by molar-refractivity contribution is 0.0950. The van der Waals surface area contributed by atoms with Gasteiger partial charge in [0.25, 0.3) is 5.91 Å². The van der Waals surface area contributed by atoms with Gasteiger partial charge in [0.1, 0.15) is 5.52 Å². The van der Waals surface area contributed by atoms with Crippen LogP contribution in [0.15, 0.2) is 35.7 Å². The zero-order chi connectivity index (χ0) is 13.8. The van der Waals surface area contributed by atoms with E-state index in [0.29, 0.717) is 16.6 Å². The van der Waals surface area contributed by atoms with E-state index in [2.05, 4.69) is 20.4 Å². The summed E-state index contributed by atoms with van der Waals surface area (Å²) in [5, 5.41) is 14.0. The summed E-state index contributed by atoms with van der Waals surface area (Å²) in [6.45, 7) is 1.61. The Labute approximate surface area is 109 Å². The molecule has 1 atom stereocenters. The molecule has 0 bridgehead atoms. The highest BCUT2D eigenvalue weighted by Crippen LogP contribution is 2.13. The van der Waals surface area contributed by atoms with E-state index in [-0.39, 0.29) is 11.7 Å². The Hall–Kier alpha value is -2.70. The maximum atomic E-state index is 12.1. The average Bonchev–Trinajstić information content (AvgIpc) is 2.45. The van der Waals surface area contributed by atoms with Crippen LogP contribution < -0.4 is 11.1 Å². The molecule has 7 heteroatoms. The molecule has 0 fully saturated rings. The van der Waals surface area contributed by atoms with Crippen molar-refractivity contribution in [3.8, 4) is 0 Å². The number of hydrogen-bond donors (Lipinski definition) is 3. The van der Waals surface area contributed by atoms with Crippen LogP contribution in [0.2, 0.25) is 0 Å². The third-order valence-corrected chi connectivity index (χ3v) is 2.65. The van der Waals surface area contributed by atoms with Crippen LogP contribution in [0.4, 0.5) is 0 Å². The molecule has 0 aliphatic rings. The van der Waals surface area contributed by atoms with Crippen molar-refractivity contribution in [2.45, 2.75) is 13.0 Å². The van der Waals surface area contributed by atoms with Gasteiger partial charge < -0.3 is 16.3 Å². The first-order valence-electron chi connectivity index (χ1n) is 5.61. The number of benzene rings is 1. The summed E-state index contributed by atoms with van der Waals surface area (Å²) in [5.74, 6) is -0.426. The number of rotatable bonds is 3. The van der Waals surface area contributed by atoms with Gasteiger partial charge in [0.05, 0.1) is 17.1 Å². The Morgan fingerprint density at radius 3 is 2.89 bits per heavy atom. The number of oxime groups is 1. The highest BCUT2D eigenvalue weighted by molar-refractivity contribution is 6.06. The van der Waals surface area contributed by atoms with Gasteiger partial charge in [-0.15, -0.1) is 0 Å². The third kappa shape index (κ3) is 2.59. The number of aromatic nitrogens is 2. The molecule has 1 aromatic carbocycles. The Morgan fingerprint density at radius 2 is 2.16 bits per heavy atom. The Morgan fingerprint density at radius 1 is 1.42 bits per heavy atom. The van der Waals surface area contributed by atoms with E-state index >= 15 is 0 Å². The smallest absolute Gasteiger partial charge is 0.254 e. The minimum Gasteiger partial charge on any atom is -0.409 e. The normalized spacial score (nSPS) is 13.2. The molecule has 1 heterocycles. The first-order chi connectivity index (χ1) is 9.13. The Bertz CT molecular complexity index is 636. The van der Waals surface area contributed by atoms with E-state index in [4.69, 9.17) is 10.9 Å². The van der Waals surface area contributed by atoms with Gasteiger partial charge in [0, 0.05) is 12.4 Å². The van der Waals surface area contributed by atoms with Crippen LogP contribution in [0.3, 0.4) is 0 Å². The van der Waals surface area contributed by atoms with E-state index < -0.39 is 6.04 Å². The molecule has 1 aromatic heterocycles. The minimum atomic E-state index is -0.579. The second kappa shape index (κ2) is 5.30. The summed E-state index contributed by atoms with van der Waals surface area (Å²) in [7, 11) is 0. The van der Waals surface area contributed by atoms with Gasteiger partial charge in [-0.3, -0.25) is 14.8 Å². The van der Waals surface area contributed by atoms with Crippen molar-refractivity contribution >= 4 is 22.8 Å². The molecule has 1 amide bonds. The second-order valence-electron chi connectivity index (χ2n) is 3.95. The van der Waals surface area contributed by atoms with Crippen molar-refractivity contribution in [3.63, 3.8) is 0 Å². The molecular formula is C12H13N5O2. The minimum absolute atomic E-state index is 0.0697. The molecule has 0 radical (unpaired) electrons. The largest absolute Gasteiger partial charge is 0.409 e. The zero-order valence-corrected chi connectivity index (χ0v) is 10.2. The van der Waals surface area contributed by atoms with Crippen molar-refractivity contribution in [2.75, 3.05) is 0 Å². The van der Waals surface area contributed by atoms with E-state index in [1.54, 1.807) is 31.3 Å². The molecule has 0 spiro atoms. The van der Waals surface area contributed by atoms with E-state index in [1.165, 1.54) is 6.20 Å². The van der Waals surface area contributed by atoms with Crippen molar-refractivity contribution in [1.29, 1.82) is 0 Å². The van der Waals surface area contributed by atoms with Gasteiger partial charge >= 0.3 is 0 Å². The van der Waals surface area contributed by atoms with E-state index in [9.17, 15) is 4.79 Å². The fourth-order valence-electron chi connectivity index (χ4n) is 1.61. The van der Waals surface area contributed by atoms with Gasteiger partial charge in [-0.2, -0.15) is 0 Å². The number of carbonyl (C=O) groups excluding carboxylic acids is 1. The van der Waals surface area contributed by atoms with Gasteiger partial charge in [-0.25, -0.2) is 0 Å². The van der Waals surface area contributed by atoms with E-state index in [1.807, 2.05) is 0 Å². The number of amidine groups is 1. The maximum Gasteiger partial charge on any atom is 0.254 e. The van der Waals surface area contributed by atoms with Gasteiger partial charge in [-0.05, 0) is 19.1 Å². The quantitative estimate of drug-likeness (QED) is 0.321. The number of carbonyl (C=O) groups is 1.